The molecule has 6 heteroatoms. The van der Waals surface area contributed by atoms with Gasteiger partial charge in [-0.1, -0.05) is 227 Å². The van der Waals surface area contributed by atoms with Gasteiger partial charge in [-0.15, -0.1) is 0 Å². The molecule has 1 atom stereocenters. The highest BCUT2D eigenvalue weighted by Gasteiger charge is 2.19. The molecule has 0 spiro atoms. The van der Waals surface area contributed by atoms with Gasteiger partial charge < -0.3 is 14.2 Å². The molecular weight excluding hydrogens is 673 g/mol. The van der Waals surface area contributed by atoms with E-state index >= 15 is 0 Å². The molecule has 0 rings (SSSR count). The Bertz CT molecular complexity index is 811. The van der Waals surface area contributed by atoms with E-state index in [0.717, 1.165) is 70.1 Å². The van der Waals surface area contributed by atoms with Crippen LogP contribution in [0, 0.1) is 5.92 Å². The minimum atomic E-state index is -0.757. The summed E-state index contributed by atoms with van der Waals surface area (Å²) >= 11 is 0. The van der Waals surface area contributed by atoms with Crippen molar-refractivity contribution >= 4 is 17.9 Å². The number of hydrogen-bond donors (Lipinski definition) is 0. The summed E-state index contributed by atoms with van der Waals surface area (Å²) in [5, 5.41) is 0. The third kappa shape index (κ3) is 41.6. The maximum Gasteiger partial charge on any atom is 0.306 e. The summed E-state index contributed by atoms with van der Waals surface area (Å²) < 4.78 is 16.6. The Morgan fingerprint density at radius 2 is 0.611 bits per heavy atom. The zero-order valence-corrected chi connectivity index (χ0v) is 36.7. The molecule has 0 aromatic carbocycles. The van der Waals surface area contributed by atoms with Gasteiger partial charge in [-0.3, -0.25) is 14.4 Å². The monoisotopic (exact) mass is 765 g/mol. The summed E-state index contributed by atoms with van der Waals surface area (Å²) in [5.74, 6) is -0.00820. The Kier molecular flexibility index (Phi) is 41.3. The van der Waals surface area contributed by atoms with Crippen molar-refractivity contribution in [2.45, 2.75) is 271 Å². The molecule has 0 aliphatic carbocycles. The van der Waals surface area contributed by atoms with Crippen molar-refractivity contribution in [3.05, 3.63) is 0 Å². The molecule has 0 amide bonds. The van der Waals surface area contributed by atoms with Crippen molar-refractivity contribution in [1.29, 1.82) is 0 Å². The number of ether oxygens (including phenoxy) is 3. The van der Waals surface area contributed by atoms with Crippen LogP contribution in [0.3, 0.4) is 0 Å². The summed E-state index contributed by atoms with van der Waals surface area (Å²) in [4.78, 5) is 37.4. The number of rotatable bonds is 43. The molecule has 0 saturated carbocycles. The Morgan fingerprint density at radius 1 is 0.352 bits per heavy atom. The number of esters is 3. The topological polar surface area (TPSA) is 78.9 Å². The summed E-state index contributed by atoms with van der Waals surface area (Å²) in [6, 6.07) is 0. The van der Waals surface area contributed by atoms with Gasteiger partial charge in [0.25, 0.3) is 0 Å². The third-order valence-electron chi connectivity index (χ3n) is 10.8. The largest absolute Gasteiger partial charge is 0.462 e. The van der Waals surface area contributed by atoms with Crippen molar-refractivity contribution in [2.24, 2.45) is 5.92 Å². The van der Waals surface area contributed by atoms with Gasteiger partial charge in [-0.05, 0) is 25.2 Å². The quantitative estimate of drug-likeness (QED) is 0.0349. The van der Waals surface area contributed by atoms with E-state index in [0.29, 0.717) is 19.3 Å². The van der Waals surface area contributed by atoms with Crippen molar-refractivity contribution in [3.8, 4) is 0 Å². The molecule has 0 aliphatic heterocycles. The van der Waals surface area contributed by atoms with E-state index in [1.807, 2.05) is 0 Å². The summed E-state index contributed by atoms with van der Waals surface area (Å²) in [5.41, 5.74) is 0. The van der Waals surface area contributed by atoms with E-state index in [1.165, 1.54) is 154 Å². The lowest BCUT2D eigenvalue weighted by atomic mass is 10.0. The standard InChI is InChI=1S/C48H92O6/c1-5-7-9-11-12-13-25-29-33-37-41-48(51)54-45(42-52-46(49)39-35-30-10-8-6-2)43-53-47(50)40-36-32-28-26-23-21-19-17-15-14-16-18-20-22-24-27-31-34-38-44(3)4/h44-45H,5-43H2,1-4H3/t45-/m0/s1. The smallest absolute Gasteiger partial charge is 0.306 e. The first kappa shape index (κ1) is 52.4. The van der Waals surface area contributed by atoms with Crippen molar-refractivity contribution in [2.75, 3.05) is 13.2 Å². The van der Waals surface area contributed by atoms with Crippen LogP contribution in [-0.2, 0) is 28.6 Å². The molecule has 0 radical (unpaired) electrons. The molecule has 0 bridgehead atoms. The Hall–Kier alpha value is -1.59. The first-order valence-corrected chi connectivity index (χ1v) is 23.9. The van der Waals surface area contributed by atoms with Gasteiger partial charge in [-0.25, -0.2) is 0 Å². The van der Waals surface area contributed by atoms with Gasteiger partial charge in [0.2, 0.25) is 0 Å². The minimum Gasteiger partial charge on any atom is -0.462 e. The van der Waals surface area contributed by atoms with E-state index in [9.17, 15) is 14.4 Å². The van der Waals surface area contributed by atoms with E-state index in [4.69, 9.17) is 14.2 Å². The van der Waals surface area contributed by atoms with Crippen LogP contribution in [0.4, 0.5) is 0 Å². The van der Waals surface area contributed by atoms with Crippen LogP contribution in [0.25, 0.3) is 0 Å². The van der Waals surface area contributed by atoms with E-state index in [-0.39, 0.29) is 31.1 Å². The highest BCUT2D eigenvalue weighted by Crippen LogP contribution is 2.17. The number of carbonyl (C=O) groups excluding carboxylic acids is 3. The highest BCUT2D eigenvalue weighted by molar-refractivity contribution is 5.71. The molecule has 54 heavy (non-hydrogen) atoms. The molecule has 0 unspecified atom stereocenters. The first-order chi connectivity index (χ1) is 26.4. The lowest BCUT2D eigenvalue weighted by Crippen LogP contribution is -2.30. The van der Waals surface area contributed by atoms with Crippen LogP contribution < -0.4 is 0 Å². The van der Waals surface area contributed by atoms with Gasteiger partial charge in [0.1, 0.15) is 13.2 Å². The molecule has 0 aromatic rings. The fourth-order valence-corrected chi connectivity index (χ4v) is 7.16. The maximum atomic E-state index is 12.6. The van der Waals surface area contributed by atoms with Crippen LogP contribution in [0.5, 0.6) is 0 Å². The van der Waals surface area contributed by atoms with Gasteiger partial charge in [0.05, 0.1) is 0 Å². The predicted octanol–water partition coefficient (Wildman–Crippen LogP) is 15.1. The lowest BCUT2D eigenvalue weighted by molar-refractivity contribution is -0.167. The fourth-order valence-electron chi connectivity index (χ4n) is 7.16. The second-order valence-corrected chi connectivity index (χ2v) is 16.9. The summed E-state index contributed by atoms with van der Waals surface area (Å²) in [7, 11) is 0. The average molecular weight is 765 g/mol. The number of hydrogen-bond acceptors (Lipinski definition) is 6. The highest BCUT2D eigenvalue weighted by atomic mass is 16.6. The van der Waals surface area contributed by atoms with Crippen LogP contribution in [0.15, 0.2) is 0 Å². The molecule has 0 aromatic heterocycles. The zero-order chi connectivity index (χ0) is 39.6. The molecule has 0 N–H and O–H groups in total. The Morgan fingerprint density at radius 3 is 0.907 bits per heavy atom. The predicted molar refractivity (Wildman–Crippen MR) is 229 cm³/mol. The average Bonchev–Trinajstić information content (AvgIpc) is 3.15. The number of unbranched alkanes of at least 4 members (excludes halogenated alkanes) is 30. The minimum absolute atomic E-state index is 0.0644. The molecule has 0 fully saturated rings. The third-order valence-corrected chi connectivity index (χ3v) is 10.8. The van der Waals surface area contributed by atoms with Crippen molar-refractivity contribution in [1.82, 2.24) is 0 Å². The normalized spacial score (nSPS) is 11.9. The Labute approximate surface area is 336 Å². The molecular formula is C48H92O6. The van der Waals surface area contributed by atoms with Crippen LogP contribution >= 0.6 is 0 Å². The second kappa shape index (κ2) is 42.6. The van der Waals surface area contributed by atoms with Gasteiger partial charge in [0, 0.05) is 19.3 Å². The summed E-state index contributed by atoms with van der Waals surface area (Å²) in [6.45, 7) is 8.94. The van der Waals surface area contributed by atoms with E-state index in [2.05, 4.69) is 27.7 Å². The lowest BCUT2D eigenvalue weighted by Gasteiger charge is -2.18. The van der Waals surface area contributed by atoms with E-state index < -0.39 is 6.10 Å². The summed E-state index contributed by atoms with van der Waals surface area (Å²) in [6.07, 6.45) is 42.7. The SMILES string of the molecule is CCCCCCCCCCCCC(=O)O[C@@H](COC(=O)CCCCCCC)COC(=O)CCCCCCCCCCCCCCCCCCCCC(C)C. The Balaban J connectivity index is 4.03. The van der Waals surface area contributed by atoms with Gasteiger partial charge in [-0.2, -0.15) is 0 Å². The maximum absolute atomic E-state index is 12.6. The van der Waals surface area contributed by atoms with Crippen molar-refractivity contribution in [3.63, 3.8) is 0 Å². The van der Waals surface area contributed by atoms with Crippen LogP contribution in [-0.4, -0.2) is 37.2 Å². The molecule has 0 aliphatic rings. The zero-order valence-electron chi connectivity index (χ0n) is 36.7. The first-order valence-electron chi connectivity index (χ1n) is 23.9. The van der Waals surface area contributed by atoms with Gasteiger partial charge in [0.15, 0.2) is 6.10 Å². The molecule has 320 valence electrons. The van der Waals surface area contributed by atoms with Crippen LogP contribution in [0.1, 0.15) is 265 Å². The van der Waals surface area contributed by atoms with E-state index in [1.54, 1.807) is 0 Å². The molecule has 0 saturated heterocycles. The molecule has 6 nitrogen and oxygen atoms in total. The fraction of sp³-hybridized carbons (Fsp3) is 0.938. The van der Waals surface area contributed by atoms with Crippen molar-refractivity contribution < 1.29 is 28.6 Å². The van der Waals surface area contributed by atoms with Crippen LogP contribution in [0.2, 0.25) is 0 Å². The number of carbonyl (C=O) groups is 3. The van der Waals surface area contributed by atoms with Gasteiger partial charge >= 0.3 is 17.9 Å². The second-order valence-electron chi connectivity index (χ2n) is 16.9. The molecule has 0 heterocycles.